The van der Waals surface area contributed by atoms with Crippen molar-refractivity contribution >= 4 is 5.78 Å². The minimum Gasteiger partial charge on any atom is -0.497 e. The molecule has 0 amide bonds. The Hall–Kier alpha value is -1.51. The monoisotopic (exact) mass is 192 g/mol. The van der Waals surface area contributed by atoms with E-state index in [-0.39, 0.29) is 11.9 Å². The molecule has 74 valence electrons. The molecule has 14 heavy (non-hydrogen) atoms. The first-order valence-electron chi connectivity index (χ1n) is 4.58. The van der Waals surface area contributed by atoms with Crippen molar-refractivity contribution in [3.63, 3.8) is 0 Å². The number of carbonyl (C=O) groups excluding carboxylic acids is 1. The van der Waals surface area contributed by atoms with Gasteiger partial charge in [0.1, 0.15) is 17.6 Å². The normalized spacial score (nSPS) is 19.9. The second-order valence-corrected chi connectivity index (χ2v) is 3.42. The van der Waals surface area contributed by atoms with Crippen LogP contribution in [0.25, 0.3) is 0 Å². The molecule has 0 spiro atoms. The molecule has 0 fully saturated rings. The molecular weight excluding hydrogens is 180 g/mol. The Morgan fingerprint density at radius 3 is 3.00 bits per heavy atom. The maximum atomic E-state index is 11.6. The van der Waals surface area contributed by atoms with Crippen molar-refractivity contribution in [1.29, 1.82) is 0 Å². The highest BCUT2D eigenvalue weighted by molar-refractivity contribution is 6.00. The van der Waals surface area contributed by atoms with Gasteiger partial charge < -0.3 is 9.47 Å². The van der Waals surface area contributed by atoms with Gasteiger partial charge in [-0.15, -0.1) is 0 Å². The van der Waals surface area contributed by atoms with Gasteiger partial charge in [0.05, 0.1) is 12.7 Å². The summed E-state index contributed by atoms with van der Waals surface area (Å²) in [5.74, 6) is 1.47. The van der Waals surface area contributed by atoms with Gasteiger partial charge in [0, 0.05) is 6.42 Å². The summed E-state index contributed by atoms with van der Waals surface area (Å²) in [4.78, 5) is 11.6. The molecule has 0 bridgehead atoms. The molecule has 0 aromatic heterocycles. The summed E-state index contributed by atoms with van der Waals surface area (Å²) < 4.78 is 10.6. The van der Waals surface area contributed by atoms with E-state index in [0.717, 1.165) is 0 Å². The van der Waals surface area contributed by atoms with Crippen LogP contribution in [0.1, 0.15) is 23.7 Å². The first-order chi connectivity index (χ1) is 6.70. The Balaban J connectivity index is 2.44. The van der Waals surface area contributed by atoms with Gasteiger partial charge in [-0.1, -0.05) is 0 Å². The predicted molar refractivity (Wildman–Crippen MR) is 52.0 cm³/mol. The third-order valence-corrected chi connectivity index (χ3v) is 2.29. The van der Waals surface area contributed by atoms with Crippen LogP contribution in [0.2, 0.25) is 0 Å². The third kappa shape index (κ3) is 1.45. The quantitative estimate of drug-likeness (QED) is 0.683. The van der Waals surface area contributed by atoms with E-state index < -0.39 is 0 Å². The second kappa shape index (κ2) is 3.33. The number of ketones is 1. The second-order valence-electron chi connectivity index (χ2n) is 3.42. The molecule has 0 aliphatic carbocycles. The molecule has 1 aromatic rings. The first kappa shape index (κ1) is 9.06. The Bertz CT molecular complexity index is 371. The summed E-state index contributed by atoms with van der Waals surface area (Å²) in [6.07, 6.45) is 0.420. The molecule has 0 saturated heterocycles. The lowest BCUT2D eigenvalue weighted by molar-refractivity contribution is 0.0870. The van der Waals surface area contributed by atoms with Crippen LogP contribution >= 0.6 is 0 Å². The zero-order valence-electron chi connectivity index (χ0n) is 8.24. The molecule has 3 heteroatoms. The summed E-state index contributed by atoms with van der Waals surface area (Å²) in [6, 6.07) is 5.30. The Morgan fingerprint density at radius 2 is 2.29 bits per heavy atom. The molecule has 2 rings (SSSR count). The van der Waals surface area contributed by atoms with E-state index in [1.807, 2.05) is 6.92 Å². The van der Waals surface area contributed by atoms with Gasteiger partial charge in [0.2, 0.25) is 0 Å². The van der Waals surface area contributed by atoms with Crippen molar-refractivity contribution in [3.8, 4) is 11.5 Å². The number of hydrogen-bond donors (Lipinski definition) is 0. The van der Waals surface area contributed by atoms with Gasteiger partial charge in [-0.05, 0) is 25.1 Å². The molecule has 0 N–H and O–H groups in total. The molecule has 1 aliphatic rings. The summed E-state index contributed by atoms with van der Waals surface area (Å²) in [5, 5.41) is 0. The number of methoxy groups -OCH3 is 1. The van der Waals surface area contributed by atoms with Crippen molar-refractivity contribution in [2.45, 2.75) is 19.4 Å². The van der Waals surface area contributed by atoms with Gasteiger partial charge in [0.15, 0.2) is 5.78 Å². The van der Waals surface area contributed by atoms with E-state index in [0.29, 0.717) is 23.5 Å². The maximum absolute atomic E-state index is 11.6. The van der Waals surface area contributed by atoms with Crippen LogP contribution in [0.3, 0.4) is 0 Å². The SMILES string of the molecule is COc1ccc2c(c1)C(=O)C[C@@H](C)O2. The number of carbonyl (C=O) groups is 1. The molecular formula is C11H12O3. The largest absolute Gasteiger partial charge is 0.497 e. The van der Waals surface area contributed by atoms with E-state index >= 15 is 0 Å². The molecule has 0 unspecified atom stereocenters. The fourth-order valence-corrected chi connectivity index (χ4v) is 1.59. The van der Waals surface area contributed by atoms with Crippen molar-refractivity contribution in [3.05, 3.63) is 23.8 Å². The summed E-state index contributed by atoms with van der Waals surface area (Å²) in [5.41, 5.74) is 0.627. The average Bonchev–Trinajstić information content (AvgIpc) is 2.17. The molecule has 1 aliphatic heterocycles. The zero-order valence-corrected chi connectivity index (χ0v) is 8.24. The number of ether oxygens (including phenoxy) is 2. The van der Waals surface area contributed by atoms with Crippen LogP contribution in [0, 0.1) is 0 Å². The van der Waals surface area contributed by atoms with E-state index in [1.165, 1.54) is 0 Å². The number of hydrogen-bond acceptors (Lipinski definition) is 3. The van der Waals surface area contributed by atoms with Crippen molar-refractivity contribution in [2.24, 2.45) is 0 Å². The van der Waals surface area contributed by atoms with Crippen LogP contribution in [-0.4, -0.2) is 19.0 Å². The molecule has 0 radical (unpaired) electrons. The van der Waals surface area contributed by atoms with E-state index in [9.17, 15) is 4.79 Å². The van der Waals surface area contributed by atoms with Gasteiger partial charge in [-0.2, -0.15) is 0 Å². The average molecular weight is 192 g/mol. The highest BCUT2D eigenvalue weighted by Crippen LogP contribution is 2.30. The predicted octanol–water partition coefficient (Wildman–Crippen LogP) is 2.05. The lowest BCUT2D eigenvalue weighted by Crippen LogP contribution is -2.23. The maximum Gasteiger partial charge on any atom is 0.170 e. The fraction of sp³-hybridized carbons (Fsp3) is 0.364. The summed E-state index contributed by atoms with van der Waals surface area (Å²) in [7, 11) is 1.58. The smallest absolute Gasteiger partial charge is 0.170 e. The van der Waals surface area contributed by atoms with E-state index in [4.69, 9.17) is 9.47 Å². The Kier molecular flexibility index (Phi) is 2.15. The summed E-state index contributed by atoms with van der Waals surface area (Å²) >= 11 is 0. The molecule has 1 heterocycles. The van der Waals surface area contributed by atoms with E-state index in [1.54, 1.807) is 25.3 Å². The number of Topliss-reactive ketones (excluding diaryl/α,β-unsaturated/α-hetero) is 1. The minimum absolute atomic E-state index is 0.0246. The minimum atomic E-state index is -0.0246. The van der Waals surface area contributed by atoms with E-state index in [2.05, 4.69) is 0 Å². The van der Waals surface area contributed by atoms with Gasteiger partial charge in [-0.3, -0.25) is 4.79 Å². The highest BCUT2D eigenvalue weighted by atomic mass is 16.5. The first-order valence-corrected chi connectivity index (χ1v) is 4.58. The standard InChI is InChI=1S/C11H12O3/c1-7-5-10(12)9-6-8(13-2)3-4-11(9)14-7/h3-4,6-7H,5H2,1-2H3/t7-/m1/s1. The van der Waals surface area contributed by atoms with Gasteiger partial charge in [-0.25, -0.2) is 0 Å². The highest BCUT2D eigenvalue weighted by Gasteiger charge is 2.23. The van der Waals surface area contributed by atoms with Crippen molar-refractivity contribution in [2.75, 3.05) is 7.11 Å². The number of rotatable bonds is 1. The van der Waals surface area contributed by atoms with Crippen LogP contribution in [0.4, 0.5) is 0 Å². The molecule has 1 atom stereocenters. The van der Waals surface area contributed by atoms with Gasteiger partial charge >= 0.3 is 0 Å². The third-order valence-electron chi connectivity index (χ3n) is 2.29. The van der Waals surface area contributed by atoms with Crippen LogP contribution in [0.15, 0.2) is 18.2 Å². The van der Waals surface area contributed by atoms with Crippen LogP contribution in [-0.2, 0) is 0 Å². The topological polar surface area (TPSA) is 35.5 Å². The fourth-order valence-electron chi connectivity index (χ4n) is 1.59. The number of benzene rings is 1. The molecule has 3 nitrogen and oxygen atoms in total. The molecule has 1 aromatic carbocycles. The van der Waals surface area contributed by atoms with Crippen molar-refractivity contribution < 1.29 is 14.3 Å². The number of fused-ring (bicyclic) bond motifs is 1. The van der Waals surface area contributed by atoms with Gasteiger partial charge in [0.25, 0.3) is 0 Å². The van der Waals surface area contributed by atoms with Crippen LogP contribution < -0.4 is 9.47 Å². The molecule has 0 saturated carbocycles. The lowest BCUT2D eigenvalue weighted by Gasteiger charge is -2.22. The Labute approximate surface area is 82.6 Å². The van der Waals surface area contributed by atoms with Crippen molar-refractivity contribution in [1.82, 2.24) is 0 Å². The Morgan fingerprint density at radius 1 is 1.50 bits per heavy atom. The van der Waals surface area contributed by atoms with Crippen LogP contribution in [0.5, 0.6) is 11.5 Å². The lowest BCUT2D eigenvalue weighted by atomic mass is 10.0. The zero-order chi connectivity index (χ0) is 10.1. The summed E-state index contributed by atoms with van der Waals surface area (Å²) in [6.45, 7) is 1.89.